The van der Waals surface area contributed by atoms with E-state index < -0.39 is 0 Å². The predicted molar refractivity (Wildman–Crippen MR) is 61.1 cm³/mol. The first-order valence-electron chi connectivity index (χ1n) is 5.86. The van der Waals surface area contributed by atoms with Gasteiger partial charge in [-0.05, 0) is 31.7 Å². The van der Waals surface area contributed by atoms with Gasteiger partial charge in [-0.25, -0.2) is 0 Å². The number of hydrogen-bond donors (Lipinski definition) is 3. The molecule has 1 aliphatic carbocycles. The second kappa shape index (κ2) is 7.60. The topological polar surface area (TPSA) is 70.6 Å². The molecule has 0 aromatic heterocycles. The first-order chi connectivity index (χ1) is 7.72. The van der Waals surface area contributed by atoms with Crippen LogP contribution in [0.5, 0.6) is 0 Å². The highest BCUT2D eigenvalue weighted by Gasteiger charge is 2.22. The third-order valence-corrected chi connectivity index (χ3v) is 2.86. The molecular weight excluding hydrogens is 208 g/mol. The van der Waals surface area contributed by atoms with E-state index in [-0.39, 0.29) is 12.0 Å². The number of ether oxygens (including phenoxy) is 1. The molecule has 16 heavy (non-hydrogen) atoms. The van der Waals surface area contributed by atoms with Gasteiger partial charge in [0.1, 0.15) is 0 Å². The molecule has 0 spiro atoms. The minimum absolute atomic E-state index is 0.00408. The maximum atomic E-state index is 11.3. The minimum Gasteiger partial charge on any atom is -0.393 e. The minimum atomic E-state index is -0.137. The molecule has 0 saturated heterocycles. The molecular formula is C11H22N2O3. The molecule has 2 unspecified atom stereocenters. The molecule has 1 amide bonds. The zero-order chi connectivity index (χ0) is 11.8. The van der Waals surface area contributed by atoms with Gasteiger partial charge in [-0.2, -0.15) is 0 Å². The Morgan fingerprint density at radius 2 is 2.31 bits per heavy atom. The van der Waals surface area contributed by atoms with Crippen LogP contribution in [-0.4, -0.2) is 50.5 Å². The van der Waals surface area contributed by atoms with E-state index in [1.54, 1.807) is 7.11 Å². The van der Waals surface area contributed by atoms with Gasteiger partial charge >= 0.3 is 0 Å². The molecule has 1 fully saturated rings. The lowest BCUT2D eigenvalue weighted by atomic mass is 10.1. The highest BCUT2D eigenvalue weighted by atomic mass is 16.5. The normalized spacial score (nSPS) is 24.6. The lowest BCUT2D eigenvalue weighted by Gasteiger charge is -2.10. The molecule has 5 nitrogen and oxygen atoms in total. The van der Waals surface area contributed by atoms with Gasteiger partial charge in [0.2, 0.25) is 5.91 Å². The SMILES string of the molecule is COCCNC(=O)CNCC1CCC(O)C1. The molecule has 94 valence electrons. The summed E-state index contributed by atoms with van der Waals surface area (Å²) in [5, 5.41) is 15.2. The Morgan fingerprint density at radius 1 is 1.50 bits per heavy atom. The van der Waals surface area contributed by atoms with Gasteiger partial charge in [-0.1, -0.05) is 0 Å². The standard InChI is InChI=1S/C11H22N2O3/c1-16-5-4-13-11(15)8-12-7-9-2-3-10(14)6-9/h9-10,12,14H,2-8H2,1H3,(H,13,15). The van der Waals surface area contributed by atoms with Gasteiger partial charge in [-0.15, -0.1) is 0 Å². The van der Waals surface area contributed by atoms with Crippen LogP contribution in [0, 0.1) is 5.92 Å². The van der Waals surface area contributed by atoms with Crippen molar-refractivity contribution < 1.29 is 14.6 Å². The van der Waals surface area contributed by atoms with Crippen LogP contribution in [0.25, 0.3) is 0 Å². The van der Waals surface area contributed by atoms with Crippen LogP contribution in [-0.2, 0) is 9.53 Å². The van der Waals surface area contributed by atoms with Crippen molar-refractivity contribution in [2.45, 2.75) is 25.4 Å². The van der Waals surface area contributed by atoms with Crippen molar-refractivity contribution in [2.24, 2.45) is 5.92 Å². The van der Waals surface area contributed by atoms with Gasteiger partial charge in [0.05, 0.1) is 19.3 Å². The van der Waals surface area contributed by atoms with E-state index >= 15 is 0 Å². The maximum Gasteiger partial charge on any atom is 0.234 e. The van der Waals surface area contributed by atoms with Crippen molar-refractivity contribution in [3.05, 3.63) is 0 Å². The molecule has 0 aromatic rings. The Balaban J connectivity index is 1.96. The average molecular weight is 230 g/mol. The summed E-state index contributed by atoms with van der Waals surface area (Å²) in [7, 11) is 1.61. The van der Waals surface area contributed by atoms with E-state index in [1.807, 2.05) is 0 Å². The summed E-state index contributed by atoms with van der Waals surface area (Å²) >= 11 is 0. The summed E-state index contributed by atoms with van der Waals surface area (Å²) < 4.78 is 4.83. The van der Waals surface area contributed by atoms with E-state index in [4.69, 9.17) is 4.74 Å². The zero-order valence-corrected chi connectivity index (χ0v) is 9.87. The molecule has 1 rings (SSSR count). The Kier molecular flexibility index (Phi) is 6.37. The Morgan fingerprint density at radius 3 is 2.94 bits per heavy atom. The molecule has 1 saturated carbocycles. The summed E-state index contributed by atoms with van der Waals surface area (Å²) in [5.74, 6) is 0.511. The molecule has 0 heterocycles. The van der Waals surface area contributed by atoms with Crippen molar-refractivity contribution in [2.75, 3.05) is 33.4 Å². The third kappa shape index (κ3) is 5.44. The molecule has 2 atom stereocenters. The van der Waals surface area contributed by atoms with Crippen LogP contribution in [0.15, 0.2) is 0 Å². The number of nitrogens with one attached hydrogen (secondary N) is 2. The largest absolute Gasteiger partial charge is 0.393 e. The number of hydrogen-bond acceptors (Lipinski definition) is 4. The predicted octanol–water partition coefficient (Wildman–Crippen LogP) is -0.500. The monoisotopic (exact) mass is 230 g/mol. The molecule has 0 aromatic carbocycles. The molecule has 3 N–H and O–H groups in total. The van der Waals surface area contributed by atoms with Gasteiger partial charge in [0.15, 0.2) is 0 Å². The first kappa shape index (κ1) is 13.4. The summed E-state index contributed by atoms with van der Waals surface area (Å²) in [5.41, 5.74) is 0. The van der Waals surface area contributed by atoms with Crippen molar-refractivity contribution in [3.63, 3.8) is 0 Å². The second-order valence-electron chi connectivity index (χ2n) is 4.31. The molecule has 0 bridgehead atoms. The lowest BCUT2D eigenvalue weighted by Crippen LogP contribution is -2.37. The quantitative estimate of drug-likeness (QED) is 0.516. The average Bonchev–Trinajstić information content (AvgIpc) is 2.65. The van der Waals surface area contributed by atoms with E-state index in [2.05, 4.69) is 10.6 Å². The van der Waals surface area contributed by atoms with Crippen molar-refractivity contribution >= 4 is 5.91 Å². The highest BCUT2D eigenvalue weighted by Crippen LogP contribution is 2.24. The summed E-state index contributed by atoms with van der Waals surface area (Å²) in [4.78, 5) is 11.3. The fourth-order valence-corrected chi connectivity index (χ4v) is 1.98. The molecule has 1 aliphatic rings. The second-order valence-corrected chi connectivity index (χ2v) is 4.31. The number of aliphatic hydroxyl groups is 1. The first-order valence-corrected chi connectivity index (χ1v) is 5.86. The van der Waals surface area contributed by atoms with Crippen LogP contribution in [0.1, 0.15) is 19.3 Å². The van der Waals surface area contributed by atoms with Crippen molar-refractivity contribution in [1.29, 1.82) is 0 Å². The fourth-order valence-electron chi connectivity index (χ4n) is 1.98. The summed E-state index contributed by atoms with van der Waals surface area (Å²) in [6.45, 7) is 2.25. The summed E-state index contributed by atoms with van der Waals surface area (Å²) in [6, 6.07) is 0. The van der Waals surface area contributed by atoms with Crippen LogP contribution in [0.2, 0.25) is 0 Å². The Bertz CT molecular complexity index is 211. The zero-order valence-electron chi connectivity index (χ0n) is 9.87. The molecule has 0 aliphatic heterocycles. The van der Waals surface area contributed by atoms with Gasteiger partial charge < -0.3 is 20.5 Å². The van der Waals surface area contributed by atoms with Crippen LogP contribution < -0.4 is 10.6 Å². The van der Waals surface area contributed by atoms with E-state index in [1.165, 1.54) is 0 Å². The van der Waals surface area contributed by atoms with Crippen LogP contribution >= 0.6 is 0 Å². The van der Waals surface area contributed by atoms with Crippen molar-refractivity contribution in [3.8, 4) is 0 Å². The number of methoxy groups -OCH3 is 1. The number of carbonyl (C=O) groups is 1. The van der Waals surface area contributed by atoms with E-state index in [0.717, 1.165) is 25.8 Å². The summed E-state index contributed by atoms with van der Waals surface area (Å²) in [6.07, 6.45) is 2.67. The Labute approximate surface area is 96.6 Å². The number of carbonyl (C=O) groups excluding carboxylic acids is 1. The van der Waals surface area contributed by atoms with Gasteiger partial charge in [0, 0.05) is 13.7 Å². The Hall–Kier alpha value is -0.650. The number of rotatable bonds is 7. The lowest BCUT2D eigenvalue weighted by molar-refractivity contribution is -0.120. The number of amides is 1. The van der Waals surface area contributed by atoms with Gasteiger partial charge in [-0.3, -0.25) is 4.79 Å². The number of aliphatic hydroxyl groups excluding tert-OH is 1. The van der Waals surface area contributed by atoms with E-state index in [0.29, 0.717) is 25.6 Å². The van der Waals surface area contributed by atoms with Gasteiger partial charge in [0.25, 0.3) is 0 Å². The highest BCUT2D eigenvalue weighted by molar-refractivity contribution is 5.77. The van der Waals surface area contributed by atoms with Crippen LogP contribution in [0.4, 0.5) is 0 Å². The van der Waals surface area contributed by atoms with E-state index in [9.17, 15) is 9.90 Å². The molecule has 0 radical (unpaired) electrons. The third-order valence-electron chi connectivity index (χ3n) is 2.86. The molecule has 5 heteroatoms. The smallest absolute Gasteiger partial charge is 0.234 e. The maximum absolute atomic E-state index is 11.3. The van der Waals surface area contributed by atoms with Crippen molar-refractivity contribution in [1.82, 2.24) is 10.6 Å². The fraction of sp³-hybridized carbons (Fsp3) is 0.909. The van der Waals surface area contributed by atoms with Crippen LogP contribution in [0.3, 0.4) is 0 Å².